The standard InChI is InChI=1S/C12H9F3N2OS/c1-17-5-6-19-11(17)16-10(18)8-3-2-4-9(7-8)12(13,14)15/h2-7H,1H3. The monoisotopic (exact) mass is 286 g/mol. The predicted octanol–water partition coefficient (Wildman–Crippen LogP) is 2.85. The molecule has 1 aromatic heterocycles. The fourth-order valence-corrected chi connectivity index (χ4v) is 2.14. The molecule has 0 spiro atoms. The zero-order valence-electron chi connectivity index (χ0n) is 9.81. The van der Waals surface area contributed by atoms with E-state index in [9.17, 15) is 18.0 Å². The van der Waals surface area contributed by atoms with Gasteiger partial charge in [-0.25, -0.2) is 0 Å². The van der Waals surface area contributed by atoms with Crippen LogP contribution in [0.2, 0.25) is 0 Å². The van der Waals surface area contributed by atoms with E-state index in [2.05, 4.69) is 4.99 Å². The smallest absolute Gasteiger partial charge is 0.327 e. The van der Waals surface area contributed by atoms with E-state index >= 15 is 0 Å². The lowest BCUT2D eigenvalue weighted by molar-refractivity contribution is -0.137. The first-order valence-electron chi connectivity index (χ1n) is 5.24. The van der Waals surface area contributed by atoms with Gasteiger partial charge in [0.15, 0.2) is 4.80 Å². The van der Waals surface area contributed by atoms with Crippen molar-refractivity contribution in [3.8, 4) is 0 Å². The molecule has 0 saturated heterocycles. The summed E-state index contributed by atoms with van der Waals surface area (Å²) >= 11 is 1.24. The first-order chi connectivity index (χ1) is 8.88. The van der Waals surface area contributed by atoms with Crippen molar-refractivity contribution in [2.45, 2.75) is 6.18 Å². The fraction of sp³-hybridized carbons (Fsp3) is 0.167. The Morgan fingerprint density at radius 1 is 1.37 bits per heavy atom. The highest BCUT2D eigenvalue weighted by molar-refractivity contribution is 7.07. The molecule has 100 valence electrons. The molecule has 1 aromatic carbocycles. The predicted molar refractivity (Wildman–Crippen MR) is 64.6 cm³/mol. The third-order valence-corrected chi connectivity index (χ3v) is 3.24. The molecule has 7 heteroatoms. The molecule has 0 aliphatic rings. The number of aryl methyl sites for hydroxylation is 1. The second-order valence-corrected chi connectivity index (χ2v) is 4.67. The van der Waals surface area contributed by atoms with Crippen molar-refractivity contribution >= 4 is 17.2 Å². The molecule has 0 atom stereocenters. The molecule has 2 aromatic rings. The highest BCUT2D eigenvalue weighted by Gasteiger charge is 2.30. The van der Waals surface area contributed by atoms with Gasteiger partial charge in [0, 0.05) is 24.2 Å². The van der Waals surface area contributed by atoms with Gasteiger partial charge in [0.1, 0.15) is 0 Å². The molecule has 3 nitrogen and oxygen atoms in total. The van der Waals surface area contributed by atoms with Crippen LogP contribution in [-0.4, -0.2) is 10.5 Å². The molecule has 19 heavy (non-hydrogen) atoms. The maximum absolute atomic E-state index is 12.5. The van der Waals surface area contributed by atoms with Gasteiger partial charge in [-0.3, -0.25) is 4.79 Å². The van der Waals surface area contributed by atoms with Gasteiger partial charge < -0.3 is 4.57 Å². The zero-order chi connectivity index (χ0) is 14.0. The van der Waals surface area contributed by atoms with Gasteiger partial charge in [-0.1, -0.05) is 6.07 Å². The largest absolute Gasteiger partial charge is 0.416 e. The number of carbonyl (C=O) groups excluding carboxylic acids is 1. The molecule has 1 heterocycles. The molecule has 0 unspecified atom stereocenters. The fourth-order valence-electron chi connectivity index (χ4n) is 1.41. The number of carbonyl (C=O) groups is 1. The Labute approximate surface area is 110 Å². The highest BCUT2D eigenvalue weighted by atomic mass is 32.1. The molecule has 0 radical (unpaired) electrons. The summed E-state index contributed by atoms with van der Waals surface area (Å²) in [6, 6.07) is 4.23. The number of aromatic nitrogens is 1. The van der Waals surface area contributed by atoms with E-state index in [4.69, 9.17) is 0 Å². The number of nitrogens with zero attached hydrogens (tertiary/aromatic N) is 2. The van der Waals surface area contributed by atoms with E-state index in [-0.39, 0.29) is 5.56 Å². The van der Waals surface area contributed by atoms with E-state index < -0.39 is 17.6 Å². The van der Waals surface area contributed by atoms with Crippen molar-refractivity contribution in [1.29, 1.82) is 0 Å². The lowest BCUT2D eigenvalue weighted by Crippen LogP contribution is -2.13. The van der Waals surface area contributed by atoms with Crippen molar-refractivity contribution in [3.05, 3.63) is 51.8 Å². The number of halogens is 3. The average molecular weight is 286 g/mol. The second kappa shape index (κ2) is 5.00. The minimum atomic E-state index is -4.47. The van der Waals surface area contributed by atoms with Gasteiger partial charge in [0.2, 0.25) is 0 Å². The van der Waals surface area contributed by atoms with Crippen LogP contribution in [0.5, 0.6) is 0 Å². The van der Waals surface area contributed by atoms with Crippen LogP contribution in [0.15, 0.2) is 40.8 Å². The molecular weight excluding hydrogens is 277 g/mol. The van der Waals surface area contributed by atoms with Gasteiger partial charge in [0.25, 0.3) is 5.91 Å². The Bertz CT molecular complexity index is 670. The molecule has 1 amide bonds. The second-order valence-electron chi connectivity index (χ2n) is 3.79. The van der Waals surface area contributed by atoms with Gasteiger partial charge in [0.05, 0.1) is 5.56 Å². The van der Waals surface area contributed by atoms with Crippen molar-refractivity contribution in [1.82, 2.24) is 4.57 Å². The number of amides is 1. The topological polar surface area (TPSA) is 34.4 Å². The summed E-state index contributed by atoms with van der Waals surface area (Å²) < 4.78 is 39.2. The summed E-state index contributed by atoms with van der Waals surface area (Å²) in [5.41, 5.74) is -0.938. The van der Waals surface area contributed by atoms with Crippen LogP contribution in [-0.2, 0) is 13.2 Å². The quantitative estimate of drug-likeness (QED) is 0.793. The number of hydrogen-bond donors (Lipinski definition) is 0. The Morgan fingerprint density at radius 3 is 2.68 bits per heavy atom. The van der Waals surface area contributed by atoms with Gasteiger partial charge in [-0.15, -0.1) is 11.3 Å². The van der Waals surface area contributed by atoms with Crippen molar-refractivity contribution in [3.63, 3.8) is 0 Å². The first kappa shape index (κ1) is 13.5. The minimum Gasteiger partial charge on any atom is -0.327 e. The van der Waals surface area contributed by atoms with Crippen LogP contribution in [0.3, 0.4) is 0 Å². The number of alkyl halides is 3. The number of thiazole rings is 1. The number of benzene rings is 1. The van der Waals surface area contributed by atoms with Crippen LogP contribution in [0, 0.1) is 0 Å². The summed E-state index contributed by atoms with van der Waals surface area (Å²) in [7, 11) is 1.70. The number of rotatable bonds is 1. The summed E-state index contributed by atoms with van der Waals surface area (Å²) in [6.45, 7) is 0. The SMILES string of the molecule is Cn1ccsc1=NC(=O)c1cccc(C(F)(F)F)c1. The van der Waals surface area contributed by atoms with Crippen LogP contribution >= 0.6 is 11.3 Å². The highest BCUT2D eigenvalue weighted by Crippen LogP contribution is 2.29. The van der Waals surface area contributed by atoms with Gasteiger partial charge in [-0.2, -0.15) is 18.2 Å². The van der Waals surface area contributed by atoms with Gasteiger partial charge in [-0.05, 0) is 18.2 Å². The van der Waals surface area contributed by atoms with Crippen LogP contribution in [0.1, 0.15) is 15.9 Å². The van der Waals surface area contributed by atoms with Crippen molar-refractivity contribution < 1.29 is 18.0 Å². The summed E-state index contributed by atoms with van der Waals surface area (Å²) in [5.74, 6) is -0.691. The van der Waals surface area contributed by atoms with Crippen molar-refractivity contribution in [2.75, 3.05) is 0 Å². The Kier molecular flexibility index (Phi) is 3.57. The molecule has 0 saturated carbocycles. The molecule has 0 fully saturated rings. The lowest BCUT2D eigenvalue weighted by atomic mass is 10.1. The summed E-state index contributed by atoms with van der Waals surface area (Å²) in [5, 5.41) is 1.73. The van der Waals surface area contributed by atoms with Crippen LogP contribution in [0.4, 0.5) is 13.2 Å². The average Bonchev–Trinajstić information content (AvgIpc) is 2.74. The molecule has 0 aliphatic carbocycles. The van der Waals surface area contributed by atoms with Gasteiger partial charge >= 0.3 is 6.18 Å². The Morgan fingerprint density at radius 2 is 2.11 bits per heavy atom. The molecule has 0 N–H and O–H groups in total. The van der Waals surface area contributed by atoms with E-state index in [0.717, 1.165) is 12.1 Å². The normalized spacial score (nSPS) is 12.7. The van der Waals surface area contributed by atoms with Crippen LogP contribution in [0.25, 0.3) is 0 Å². The Balaban J connectivity index is 2.39. The summed E-state index contributed by atoms with van der Waals surface area (Å²) in [6.07, 6.45) is -2.76. The maximum Gasteiger partial charge on any atom is 0.416 e. The Hall–Kier alpha value is -1.89. The molecule has 2 rings (SSSR count). The molecule has 0 bridgehead atoms. The van der Waals surface area contributed by atoms with E-state index in [1.807, 2.05) is 0 Å². The first-order valence-corrected chi connectivity index (χ1v) is 6.12. The van der Waals surface area contributed by atoms with E-state index in [1.54, 1.807) is 23.2 Å². The lowest BCUT2D eigenvalue weighted by Gasteiger charge is -2.06. The maximum atomic E-state index is 12.5. The van der Waals surface area contributed by atoms with Crippen LogP contribution < -0.4 is 4.80 Å². The zero-order valence-corrected chi connectivity index (χ0v) is 10.6. The molecular formula is C12H9F3N2OS. The van der Waals surface area contributed by atoms with E-state index in [0.29, 0.717) is 4.80 Å². The van der Waals surface area contributed by atoms with E-state index in [1.165, 1.54) is 23.5 Å². The molecule has 0 aliphatic heterocycles. The summed E-state index contributed by atoms with van der Waals surface area (Å²) in [4.78, 5) is 16.0. The number of hydrogen-bond acceptors (Lipinski definition) is 2. The third kappa shape index (κ3) is 3.11. The van der Waals surface area contributed by atoms with Crippen molar-refractivity contribution in [2.24, 2.45) is 12.0 Å². The third-order valence-electron chi connectivity index (χ3n) is 2.39. The minimum absolute atomic E-state index is 0.0803.